The van der Waals surface area contributed by atoms with Gasteiger partial charge in [0.1, 0.15) is 0 Å². The molecule has 5 heteroatoms. The fourth-order valence-corrected chi connectivity index (χ4v) is 1.27. The minimum atomic E-state index is -0.420. The average molecular weight is 234 g/mol. The van der Waals surface area contributed by atoms with Crippen molar-refractivity contribution in [3.05, 3.63) is 0 Å². The predicted molar refractivity (Wildman–Crippen MR) is 64.8 cm³/mol. The van der Waals surface area contributed by atoms with Gasteiger partial charge in [-0.1, -0.05) is 0 Å². The normalized spacial score (nSPS) is 13.7. The zero-order valence-corrected chi connectivity index (χ0v) is 11.0. The van der Waals surface area contributed by atoms with E-state index in [1.54, 1.807) is 7.11 Å². The molecule has 0 aliphatic heterocycles. The Bertz CT molecular complexity index is 156. The van der Waals surface area contributed by atoms with E-state index in [9.17, 15) is 5.11 Å². The average Bonchev–Trinajstić information content (AvgIpc) is 2.16. The minimum absolute atomic E-state index is 0.381. The number of aliphatic hydroxyl groups excluding tert-OH is 1. The maximum atomic E-state index is 9.48. The highest BCUT2D eigenvalue weighted by molar-refractivity contribution is 4.60. The molecule has 1 atom stereocenters. The van der Waals surface area contributed by atoms with Crippen molar-refractivity contribution in [3.8, 4) is 0 Å². The Morgan fingerprint density at radius 2 is 1.75 bits per heavy atom. The van der Waals surface area contributed by atoms with Crippen molar-refractivity contribution in [2.75, 3.05) is 67.7 Å². The van der Waals surface area contributed by atoms with Crippen LogP contribution in [-0.4, -0.2) is 88.7 Å². The summed E-state index contributed by atoms with van der Waals surface area (Å²) in [7, 11) is 7.61. The number of nitrogens with zero attached hydrogens (tertiary/aromatic N) is 2. The lowest BCUT2D eigenvalue weighted by molar-refractivity contribution is 0.0338. The molecule has 0 aliphatic carbocycles. The number of ether oxygens (including phenoxy) is 2. The van der Waals surface area contributed by atoms with Gasteiger partial charge in [0, 0.05) is 26.7 Å². The van der Waals surface area contributed by atoms with Gasteiger partial charge in [0.15, 0.2) is 0 Å². The molecule has 0 saturated carbocycles. The minimum Gasteiger partial charge on any atom is -0.389 e. The number of hydrogen-bond acceptors (Lipinski definition) is 5. The number of aliphatic hydroxyl groups is 1. The van der Waals surface area contributed by atoms with Crippen LogP contribution < -0.4 is 0 Å². The van der Waals surface area contributed by atoms with E-state index in [0.717, 1.165) is 19.7 Å². The van der Waals surface area contributed by atoms with Gasteiger partial charge in [0.05, 0.1) is 25.9 Å². The van der Waals surface area contributed by atoms with E-state index in [1.807, 2.05) is 26.0 Å². The molecule has 0 aliphatic rings. The first-order chi connectivity index (χ1) is 7.56. The van der Waals surface area contributed by atoms with Crippen molar-refractivity contribution < 1.29 is 14.6 Å². The molecule has 16 heavy (non-hydrogen) atoms. The van der Waals surface area contributed by atoms with Gasteiger partial charge >= 0.3 is 0 Å². The molecule has 0 rings (SSSR count). The van der Waals surface area contributed by atoms with Crippen molar-refractivity contribution in [3.63, 3.8) is 0 Å². The monoisotopic (exact) mass is 234 g/mol. The summed E-state index contributed by atoms with van der Waals surface area (Å²) in [5.74, 6) is 0. The lowest BCUT2D eigenvalue weighted by Gasteiger charge is -2.20. The predicted octanol–water partition coefficient (Wildman–Crippen LogP) is -0.496. The highest BCUT2D eigenvalue weighted by Crippen LogP contribution is 1.90. The van der Waals surface area contributed by atoms with Gasteiger partial charge in [0.25, 0.3) is 0 Å². The lowest BCUT2D eigenvalue weighted by Crippen LogP contribution is -2.34. The van der Waals surface area contributed by atoms with E-state index in [4.69, 9.17) is 9.47 Å². The van der Waals surface area contributed by atoms with E-state index in [0.29, 0.717) is 19.8 Å². The second-order valence-corrected chi connectivity index (χ2v) is 4.29. The lowest BCUT2D eigenvalue weighted by atomic mass is 10.3. The molecule has 0 radical (unpaired) electrons. The smallest absolute Gasteiger partial charge is 0.0899 e. The van der Waals surface area contributed by atoms with Crippen LogP contribution in [0.3, 0.4) is 0 Å². The SMILES string of the molecule is COCC(O)CN(C)CCOCCN(C)C. The van der Waals surface area contributed by atoms with Crippen molar-refractivity contribution in [1.82, 2.24) is 9.80 Å². The molecule has 5 nitrogen and oxygen atoms in total. The zero-order chi connectivity index (χ0) is 12.4. The van der Waals surface area contributed by atoms with Crippen LogP contribution in [0.25, 0.3) is 0 Å². The third kappa shape index (κ3) is 10.3. The van der Waals surface area contributed by atoms with Crippen LogP contribution in [0.4, 0.5) is 0 Å². The van der Waals surface area contributed by atoms with Gasteiger partial charge < -0.3 is 24.4 Å². The third-order valence-electron chi connectivity index (χ3n) is 2.18. The van der Waals surface area contributed by atoms with Gasteiger partial charge in [-0.3, -0.25) is 0 Å². The number of likely N-dealkylation sites (N-methyl/N-ethyl adjacent to an activating group) is 2. The molecule has 0 aromatic heterocycles. The molecule has 0 saturated heterocycles. The Labute approximate surface area is 98.9 Å². The molecule has 0 amide bonds. The summed E-state index contributed by atoms with van der Waals surface area (Å²) >= 11 is 0. The Hall–Kier alpha value is -0.200. The fourth-order valence-electron chi connectivity index (χ4n) is 1.27. The molecular formula is C11H26N2O3. The van der Waals surface area contributed by atoms with Gasteiger partial charge in [-0.2, -0.15) is 0 Å². The van der Waals surface area contributed by atoms with Crippen LogP contribution in [-0.2, 0) is 9.47 Å². The Morgan fingerprint density at radius 3 is 2.31 bits per heavy atom. The van der Waals surface area contributed by atoms with Crippen LogP contribution in [0.15, 0.2) is 0 Å². The number of rotatable bonds is 10. The summed E-state index contributed by atoms with van der Waals surface area (Å²) in [6.07, 6.45) is -0.420. The molecule has 0 aromatic rings. The highest BCUT2D eigenvalue weighted by atomic mass is 16.5. The molecule has 0 heterocycles. The molecule has 1 N–H and O–H groups in total. The van der Waals surface area contributed by atoms with E-state index in [1.165, 1.54) is 0 Å². The topological polar surface area (TPSA) is 45.2 Å². The standard InChI is InChI=1S/C11H26N2O3/c1-12(2)5-7-16-8-6-13(3)9-11(14)10-15-4/h11,14H,5-10H2,1-4H3. The van der Waals surface area contributed by atoms with E-state index < -0.39 is 6.10 Å². The quantitative estimate of drug-likeness (QED) is 0.517. The van der Waals surface area contributed by atoms with Crippen LogP contribution in [0.2, 0.25) is 0 Å². The molecule has 0 fully saturated rings. The first-order valence-electron chi connectivity index (χ1n) is 5.64. The summed E-state index contributed by atoms with van der Waals surface area (Å²) in [4.78, 5) is 4.13. The number of methoxy groups -OCH3 is 1. The van der Waals surface area contributed by atoms with Crippen LogP contribution in [0.5, 0.6) is 0 Å². The van der Waals surface area contributed by atoms with E-state index >= 15 is 0 Å². The molecule has 98 valence electrons. The van der Waals surface area contributed by atoms with Crippen molar-refractivity contribution in [2.45, 2.75) is 6.10 Å². The van der Waals surface area contributed by atoms with Gasteiger partial charge in [0.2, 0.25) is 0 Å². The van der Waals surface area contributed by atoms with Crippen LogP contribution in [0, 0.1) is 0 Å². The highest BCUT2D eigenvalue weighted by Gasteiger charge is 2.07. The largest absolute Gasteiger partial charge is 0.389 e. The van der Waals surface area contributed by atoms with Crippen molar-refractivity contribution in [1.29, 1.82) is 0 Å². The van der Waals surface area contributed by atoms with E-state index in [-0.39, 0.29) is 0 Å². The summed E-state index contributed by atoms with van der Waals surface area (Å²) in [5, 5.41) is 9.48. The Kier molecular flexibility index (Phi) is 9.86. The van der Waals surface area contributed by atoms with Gasteiger partial charge in [-0.25, -0.2) is 0 Å². The molecule has 1 unspecified atom stereocenters. The van der Waals surface area contributed by atoms with Crippen molar-refractivity contribution >= 4 is 0 Å². The summed E-state index contributed by atoms with van der Waals surface area (Å²) in [6, 6.07) is 0. The molecule has 0 bridgehead atoms. The molecule has 0 spiro atoms. The summed E-state index contributed by atoms with van der Waals surface area (Å²) in [5.41, 5.74) is 0. The number of hydrogen-bond donors (Lipinski definition) is 1. The first kappa shape index (κ1) is 15.8. The third-order valence-corrected chi connectivity index (χ3v) is 2.18. The second-order valence-electron chi connectivity index (χ2n) is 4.29. The summed E-state index contributed by atoms with van der Waals surface area (Å²) in [6.45, 7) is 4.21. The summed E-state index contributed by atoms with van der Waals surface area (Å²) < 4.78 is 10.3. The molecular weight excluding hydrogens is 208 g/mol. The first-order valence-corrected chi connectivity index (χ1v) is 5.64. The molecule has 0 aromatic carbocycles. The van der Waals surface area contributed by atoms with Crippen molar-refractivity contribution in [2.24, 2.45) is 0 Å². The second kappa shape index (κ2) is 9.99. The Morgan fingerprint density at radius 1 is 1.12 bits per heavy atom. The van der Waals surface area contributed by atoms with Crippen LogP contribution >= 0.6 is 0 Å². The van der Waals surface area contributed by atoms with Gasteiger partial charge in [-0.05, 0) is 21.1 Å². The Balaban J connectivity index is 3.33. The maximum absolute atomic E-state index is 9.48. The van der Waals surface area contributed by atoms with Crippen LogP contribution in [0.1, 0.15) is 0 Å². The fraction of sp³-hybridized carbons (Fsp3) is 1.00. The maximum Gasteiger partial charge on any atom is 0.0899 e. The van der Waals surface area contributed by atoms with Gasteiger partial charge in [-0.15, -0.1) is 0 Å². The zero-order valence-electron chi connectivity index (χ0n) is 11.0. The van der Waals surface area contributed by atoms with E-state index in [2.05, 4.69) is 4.90 Å².